The third kappa shape index (κ3) is 2.32. The SMILES string of the molecule is O=C1[C@H]2CC=CC[C@H]2C(=O)N1C[NH+]1CCC[C@@H](O)C1. The fourth-order valence-corrected chi connectivity index (χ4v) is 3.52. The minimum atomic E-state index is -0.291. The third-order valence-corrected chi connectivity index (χ3v) is 4.57. The van der Waals surface area contributed by atoms with E-state index in [2.05, 4.69) is 0 Å². The number of quaternary nitrogens is 1. The van der Waals surface area contributed by atoms with Gasteiger partial charge in [0.2, 0.25) is 11.8 Å². The van der Waals surface area contributed by atoms with Gasteiger partial charge in [0.1, 0.15) is 12.6 Å². The second kappa shape index (κ2) is 5.06. The zero-order valence-corrected chi connectivity index (χ0v) is 11.0. The molecule has 3 rings (SSSR count). The number of likely N-dealkylation sites (tertiary alicyclic amines) is 2. The molecular formula is C14H21N2O3+. The van der Waals surface area contributed by atoms with E-state index in [-0.39, 0.29) is 29.8 Å². The van der Waals surface area contributed by atoms with Crippen LogP contribution in [-0.2, 0) is 9.59 Å². The van der Waals surface area contributed by atoms with Gasteiger partial charge in [0.15, 0.2) is 6.67 Å². The molecule has 5 nitrogen and oxygen atoms in total. The molecule has 2 heterocycles. The van der Waals surface area contributed by atoms with Gasteiger partial charge in [0.25, 0.3) is 0 Å². The minimum Gasteiger partial charge on any atom is -0.387 e. The lowest BCUT2D eigenvalue weighted by atomic mass is 9.85. The molecule has 104 valence electrons. The predicted molar refractivity (Wildman–Crippen MR) is 68.0 cm³/mol. The average Bonchev–Trinajstić information content (AvgIpc) is 2.65. The second-order valence-corrected chi connectivity index (χ2v) is 5.92. The highest BCUT2D eigenvalue weighted by Crippen LogP contribution is 2.34. The normalized spacial score (nSPS) is 38.7. The molecule has 0 saturated carbocycles. The Hall–Kier alpha value is -1.20. The van der Waals surface area contributed by atoms with E-state index in [0.29, 0.717) is 26.1 Å². The Balaban J connectivity index is 1.68. The van der Waals surface area contributed by atoms with E-state index in [1.807, 2.05) is 12.2 Å². The van der Waals surface area contributed by atoms with Crippen molar-refractivity contribution < 1.29 is 19.6 Å². The van der Waals surface area contributed by atoms with Crippen LogP contribution in [0.1, 0.15) is 25.7 Å². The van der Waals surface area contributed by atoms with Crippen molar-refractivity contribution in [1.29, 1.82) is 0 Å². The molecule has 0 radical (unpaired) electrons. The Labute approximate surface area is 112 Å². The summed E-state index contributed by atoms with van der Waals surface area (Å²) in [7, 11) is 0. The van der Waals surface area contributed by atoms with Crippen LogP contribution in [0.4, 0.5) is 0 Å². The Bertz CT molecular complexity index is 395. The van der Waals surface area contributed by atoms with E-state index in [4.69, 9.17) is 0 Å². The number of amides is 2. The lowest BCUT2D eigenvalue weighted by molar-refractivity contribution is -0.915. The lowest BCUT2D eigenvalue weighted by Gasteiger charge is -2.29. The molecule has 3 aliphatic rings. The van der Waals surface area contributed by atoms with Crippen LogP contribution in [0.15, 0.2) is 12.2 Å². The van der Waals surface area contributed by atoms with Gasteiger partial charge in [-0.2, -0.15) is 0 Å². The Morgan fingerprint density at radius 1 is 1.21 bits per heavy atom. The number of carbonyl (C=O) groups is 2. The number of hydrogen-bond donors (Lipinski definition) is 2. The second-order valence-electron chi connectivity index (χ2n) is 5.92. The maximum Gasteiger partial charge on any atom is 0.237 e. The van der Waals surface area contributed by atoms with Gasteiger partial charge in [-0.05, 0) is 25.7 Å². The molecule has 0 aromatic carbocycles. The fraction of sp³-hybridized carbons (Fsp3) is 0.714. The standard InChI is InChI=1S/C14H20N2O3/c17-10-4-3-7-15(8-10)9-16-13(18)11-5-1-2-6-12(11)14(16)19/h1-2,10-12,17H,3-9H2/p+1/t10-,11-,12+/m1/s1. The molecule has 19 heavy (non-hydrogen) atoms. The molecule has 2 aliphatic heterocycles. The molecule has 2 amide bonds. The molecule has 0 bridgehead atoms. The van der Waals surface area contributed by atoms with E-state index >= 15 is 0 Å². The summed E-state index contributed by atoms with van der Waals surface area (Å²) in [6, 6.07) is 0. The Kier molecular flexibility index (Phi) is 3.41. The lowest BCUT2D eigenvalue weighted by Crippen LogP contribution is -3.15. The Morgan fingerprint density at radius 3 is 2.42 bits per heavy atom. The number of aliphatic hydroxyl groups excluding tert-OH is 1. The maximum atomic E-state index is 12.3. The monoisotopic (exact) mass is 265 g/mol. The molecule has 2 N–H and O–H groups in total. The molecule has 2 fully saturated rings. The third-order valence-electron chi connectivity index (χ3n) is 4.57. The smallest absolute Gasteiger partial charge is 0.237 e. The van der Waals surface area contributed by atoms with E-state index in [0.717, 1.165) is 24.3 Å². The minimum absolute atomic E-state index is 0.00749. The number of nitrogens with zero attached hydrogens (tertiary/aromatic N) is 1. The van der Waals surface area contributed by atoms with E-state index < -0.39 is 0 Å². The summed E-state index contributed by atoms with van der Waals surface area (Å²) in [5, 5.41) is 9.67. The number of hydrogen-bond acceptors (Lipinski definition) is 3. The van der Waals surface area contributed by atoms with Gasteiger partial charge in [-0.15, -0.1) is 0 Å². The highest BCUT2D eigenvalue weighted by atomic mass is 16.3. The summed E-state index contributed by atoms with van der Waals surface area (Å²) in [5.74, 6) is -0.281. The fourth-order valence-electron chi connectivity index (χ4n) is 3.52. The summed E-state index contributed by atoms with van der Waals surface area (Å²) in [4.78, 5) is 27.2. The number of nitrogens with one attached hydrogen (secondary N) is 1. The number of imide groups is 1. The highest BCUT2D eigenvalue weighted by Gasteiger charge is 2.48. The largest absolute Gasteiger partial charge is 0.387 e. The first-order chi connectivity index (χ1) is 9.16. The van der Waals surface area contributed by atoms with Crippen molar-refractivity contribution >= 4 is 11.8 Å². The molecule has 4 atom stereocenters. The van der Waals surface area contributed by atoms with Crippen LogP contribution in [0, 0.1) is 11.8 Å². The van der Waals surface area contributed by atoms with E-state index in [1.54, 1.807) is 0 Å². The summed E-state index contributed by atoms with van der Waals surface area (Å²) in [5.41, 5.74) is 0. The van der Waals surface area contributed by atoms with Crippen molar-refractivity contribution in [3.8, 4) is 0 Å². The zero-order chi connectivity index (χ0) is 13.4. The van der Waals surface area contributed by atoms with Crippen LogP contribution < -0.4 is 4.90 Å². The van der Waals surface area contributed by atoms with Gasteiger partial charge >= 0.3 is 0 Å². The number of allylic oxidation sites excluding steroid dienone is 2. The van der Waals surface area contributed by atoms with Crippen molar-refractivity contribution in [2.24, 2.45) is 11.8 Å². The summed E-state index contributed by atoms with van der Waals surface area (Å²) < 4.78 is 0. The molecule has 2 saturated heterocycles. The number of rotatable bonds is 2. The van der Waals surface area contributed by atoms with Crippen molar-refractivity contribution in [2.75, 3.05) is 19.8 Å². The van der Waals surface area contributed by atoms with Gasteiger partial charge in [-0.1, -0.05) is 12.2 Å². The van der Waals surface area contributed by atoms with Gasteiger partial charge < -0.3 is 10.0 Å². The summed E-state index contributed by atoms with van der Waals surface area (Å²) >= 11 is 0. The topological polar surface area (TPSA) is 62.0 Å². The summed E-state index contributed by atoms with van der Waals surface area (Å²) in [6.07, 6.45) is 6.91. The van der Waals surface area contributed by atoms with Crippen molar-refractivity contribution in [3.63, 3.8) is 0 Å². The molecule has 0 spiro atoms. The van der Waals surface area contributed by atoms with E-state index in [1.165, 1.54) is 4.90 Å². The van der Waals surface area contributed by atoms with Crippen LogP contribution in [-0.4, -0.2) is 47.7 Å². The van der Waals surface area contributed by atoms with Crippen LogP contribution in [0.5, 0.6) is 0 Å². The molecular weight excluding hydrogens is 244 g/mol. The molecule has 0 aromatic rings. The highest BCUT2D eigenvalue weighted by molar-refractivity contribution is 6.05. The number of fused-ring (bicyclic) bond motifs is 1. The first kappa shape index (κ1) is 12.8. The van der Waals surface area contributed by atoms with E-state index in [9.17, 15) is 14.7 Å². The first-order valence-corrected chi connectivity index (χ1v) is 7.18. The molecule has 0 aromatic heterocycles. The van der Waals surface area contributed by atoms with Gasteiger partial charge in [0, 0.05) is 0 Å². The van der Waals surface area contributed by atoms with Crippen molar-refractivity contribution in [1.82, 2.24) is 4.90 Å². The van der Waals surface area contributed by atoms with Crippen LogP contribution in [0.3, 0.4) is 0 Å². The van der Waals surface area contributed by atoms with Crippen LogP contribution >= 0.6 is 0 Å². The maximum absolute atomic E-state index is 12.3. The van der Waals surface area contributed by atoms with Gasteiger partial charge in [-0.3, -0.25) is 9.59 Å². The zero-order valence-electron chi connectivity index (χ0n) is 11.0. The quantitative estimate of drug-likeness (QED) is 0.494. The van der Waals surface area contributed by atoms with Gasteiger partial charge in [-0.25, -0.2) is 4.90 Å². The molecule has 1 unspecified atom stereocenters. The van der Waals surface area contributed by atoms with Crippen molar-refractivity contribution in [3.05, 3.63) is 12.2 Å². The van der Waals surface area contributed by atoms with Crippen LogP contribution in [0.25, 0.3) is 0 Å². The van der Waals surface area contributed by atoms with Crippen LogP contribution in [0.2, 0.25) is 0 Å². The summed E-state index contributed by atoms with van der Waals surface area (Å²) in [6.45, 7) is 2.01. The first-order valence-electron chi connectivity index (χ1n) is 7.18. The Morgan fingerprint density at radius 2 is 1.84 bits per heavy atom. The van der Waals surface area contributed by atoms with Gasteiger partial charge in [0.05, 0.1) is 18.4 Å². The molecule has 1 aliphatic carbocycles. The predicted octanol–water partition coefficient (Wildman–Crippen LogP) is -1.07. The number of aliphatic hydroxyl groups is 1. The average molecular weight is 265 g/mol. The number of piperidine rings is 1. The van der Waals surface area contributed by atoms with Crippen molar-refractivity contribution in [2.45, 2.75) is 31.8 Å². The number of carbonyl (C=O) groups excluding carboxylic acids is 2. The molecule has 5 heteroatoms.